The van der Waals surface area contributed by atoms with E-state index in [0.29, 0.717) is 18.5 Å². The maximum atomic E-state index is 13.7. The quantitative estimate of drug-likeness (QED) is 0.382. The molecule has 1 aromatic heterocycles. The number of aromatic nitrogens is 3. The summed E-state index contributed by atoms with van der Waals surface area (Å²) in [6, 6.07) is 7.19. The van der Waals surface area contributed by atoms with Gasteiger partial charge >= 0.3 is 0 Å². The minimum atomic E-state index is -0.688. The topological polar surface area (TPSA) is 141 Å². The molecule has 2 saturated heterocycles. The lowest BCUT2D eigenvalue weighted by molar-refractivity contribution is -0.144. The van der Waals surface area contributed by atoms with Gasteiger partial charge in [-0.25, -0.2) is 0 Å². The minimum absolute atomic E-state index is 0.0282. The standard InChI is InChI=1S/C26H37N7O4/c1-17(27-14-15-34)24(35)28-20-11-7-6-10-19-12-13-22(33(19)26(20)37)25(36)29-23(18-8-4-3-5-9-18)21-16-32(2)31-30-21/h3-5,8-9,16-17,19-20,22-23,27,34H,6-7,10-15H2,1-2H3,(H,28,35)(H,29,36)/t17-,19-,20-,22-,23-/m0/s1. The molecule has 4 rings (SSSR count). The van der Waals surface area contributed by atoms with Gasteiger partial charge in [0.05, 0.1) is 24.9 Å². The molecule has 0 radical (unpaired) electrons. The van der Waals surface area contributed by atoms with E-state index in [1.54, 1.807) is 29.7 Å². The molecule has 37 heavy (non-hydrogen) atoms. The van der Waals surface area contributed by atoms with Gasteiger partial charge in [0.1, 0.15) is 17.8 Å². The van der Waals surface area contributed by atoms with Crippen molar-refractivity contribution >= 4 is 17.7 Å². The number of aliphatic hydroxyl groups excluding tert-OH is 1. The van der Waals surface area contributed by atoms with E-state index in [9.17, 15) is 14.4 Å². The van der Waals surface area contributed by atoms with E-state index < -0.39 is 24.2 Å². The summed E-state index contributed by atoms with van der Waals surface area (Å²) in [6.45, 7) is 1.91. The highest BCUT2D eigenvalue weighted by molar-refractivity contribution is 5.94. The third kappa shape index (κ3) is 6.34. The first-order valence-electron chi connectivity index (χ1n) is 13.1. The van der Waals surface area contributed by atoms with Gasteiger partial charge in [-0.1, -0.05) is 48.4 Å². The monoisotopic (exact) mass is 511 g/mol. The number of nitrogens with zero attached hydrogens (tertiary/aromatic N) is 4. The Hall–Kier alpha value is -3.31. The van der Waals surface area contributed by atoms with E-state index in [0.717, 1.165) is 31.2 Å². The number of carbonyl (C=O) groups excluding carboxylic acids is 3. The number of aliphatic hydroxyl groups is 1. The van der Waals surface area contributed by atoms with Crippen LogP contribution in [-0.2, 0) is 21.4 Å². The zero-order valence-electron chi connectivity index (χ0n) is 21.5. The summed E-state index contributed by atoms with van der Waals surface area (Å²) < 4.78 is 1.59. The van der Waals surface area contributed by atoms with Gasteiger partial charge in [-0.05, 0) is 38.2 Å². The second-order valence-electron chi connectivity index (χ2n) is 9.91. The van der Waals surface area contributed by atoms with E-state index >= 15 is 0 Å². The van der Waals surface area contributed by atoms with Crippen LogP contribution < -0.4 is 16.0 Å². The largest absolute Gasteiger partial charge is 0.395 e. The van der Waals surface area contributed by atoms with Gasteiger partial charge in [0, 0.05) is 19.6 Å². The normalized spacial score (nSPS) is 23.5. The molecule has 2 aliphatic rings. The van der Waals surface area contributed by atoms with Gasteiger partial charge in [-0.2, -0.15) is 0 Å². The van der Waals surface area contributed by atoms with Crippen molar-refractivity contribution in [2.24, 2.45) is 7.05 Å². The second-order valence-corrected chi connectivity index (χ2v) is 9.91. The zero-order chi connectivity index (χ0) is 26.4. The Balaban J connectivity index is 1.52. The Morgan fingerprint density at radius 2 is 1.89 bits per heavy atom. The van der Waals surface area contributed by atoms with Crippen LogP contribution >= 0.6 is 0 Å². The molecule has 0 saturated carbocycles. The molecule has 3 heterocycles. The molecule has 11 heteroatoms. The first-order valence-corrected chi connectivity index (χ1v) is 13.1. The lowest BCUT2D eigenvalue weighted by atomic mass is 9.98. The minimum Gasteiger partial charge on any atom is -0.395 e. The molecular formula is C26H37N7O4. The van der Waals surface area contributed by atoms with Gasteiger partial charge in [0.15, 0.2) is 0 Å². The molecule has 0 spiro atoms. The summed E-state index contributed by atoms with van der Waals surface area (Å²) in [7, 11) is 1.77. The summed E-state index contributed by atoms with van der Waals surface area (Å²) in [5.41, 5.74) is 1.49. The molecule has 0 unspecified atom stereocenters. The number of hydrogen-bond acceptors (Lipinski definition) is 7. The van der Waals surface area contributed by atoms with E-state index in [1.807, 2.05) is 30.3 Å². The molecule has 0 bridgehead atoms. The van der Waals surface area contributed by atoms with Crippen LogP contribution in [0.25, 0.3) is 0 Å². The number of benzene rings is 1. The maximum Gasteiger partial charge on any atom is 0.246 e. The van der Waals surface area contributed by atoms with Crippen LogP contribution in [0.3, 0.4) is 0 Å². The van der Waals surface area contributed by atoms with Gasteiger partial charge in [-0.15, -0.1) is 5.10 Å². The fourth-order valence-electron chi connectivity index (χ4n) is 5.30. The number of rotatable bonds is 9. The summed E-state index contributed by atoms with van der Waals surface area (Å²) in [5.74, 6) is -0.740. The van der Waals surface area contributed by atoms with Crippen molar-refractivity contribution in [3.8, 4) is 0 Å². The molecule has 0 aliphatic carbocycles. The van der Waals surface area contributed by atoms with Crippen molar-refractivity contribution in [1.29, 1.82) is 0 Å². The second kappa shape index (κ2) is 12.3. The maximum absolute atomic E-state index is 13.7. The van der Waals surface area contributed by atoms with Gasteiger partial charge in [0.2, 0.25) is 17.7 Å². The molecule has 4 N–H and O–H groups in total. The first-order chi connectivity index (χ1) is 17.9. The Bertz CT molecular complexity index is 1080. The van der Waals surface area contributed by atoms with E-state index in [2.05, 4.69) is 26.3 Å². The number of carbonyl (C=O) groups is 3. The molecule has 3 amide bonds. The van der Waals surface area contributed by atoms with Crippen LogP contribution in [0.15, 0.2) is 36.5 Å². The van der Waals surface area contributed by atoms with Crippen LogP contribution in [-0.4, -0.2) is 80.0 Å². The van der Waals surface area contributed by atoms with Crippen molar-refractivity contribution in [1.82, 2.24) is 35.8 Å². The number of amides is 3. The molecule has 5 atom stereocenters. The molecule has 2 fully saturated rings. The Labute approximate surface area is 217 Å². The van der Waals surface area contributed by atoms with E-state index in [4.69, 9.17) is 5.11 Å². The fraction of sp³-hybridized carbons (Fsp3) is 0.577. The first kappa shape index (κ1) is 26.7. The Morgan fingerprint density at radius 1 is 1.14 bits per heavy atom. The van der Waals surface area contributed by atoms with Crippen molar-refractivity contribution in [2.75, 3.05) is 13.2 Å². The third-order valence-corrected chi connectivity index (χ3v) is 7.25. The van der Waals surface area contributed by atoms with Crippen molar-refractivity contribution in [3.05, 3.63) is 47.8 Å². The fourth-order valence-corrected chi connectivity index (χ4v) is 5.30. The highest BCUT2D eigenvalue weighted by atomic mass is 16.3. The molecule has 2 aliphatic heterocycles. The van der Waals surface area contributed by atoms with Gasteiger partial charge in [0.25, 0.3) is 0 Å². The lowest BCUT2D eigenvalue weighted by Crippen LogP contribution is -2.58. The van der Waals surface area contributed by atoms with Crippen molar-refractivity contribution in [2.45, 2.75) is 75.7 Å². The smallest absolute Gasteiger partial charge is 0.246 e. The van der Waals surface area contributed by atoms with Crippen LogP contribution in [0.4, 0.5) is 0 Å². The third-order valence-electron chi connectivity index (χ3n) is 7.25. The predicted octanol–water partition coefficient (Wildman–Crippen LogP) is 0.410. The number of nitrogens with one attached hydrogen (secondary N) is 3. The summed E-state index contributed by atoms with van der Waals surface area (Å²) in [4.78, 5) is 41.8. The number of aryl methyl sites for hydroxylation is 1. The van der Waals surface area contributed by atoms with Gasteiger partial charge < -0.3 is 26.0 Å². The van der Waals surface area contributed by atoms with Crippen LogP contribution in [0.1, 0.15) is 62.7 Å². The number of hydrogen-bond donors (Lipinski definition) is 4. The highest BCUT2D eigenvalue weighted by Crippen LogP contribution is 2.32. The molecule has 1 aromatic carbocycles. The molecular weight excluding hydrogens is 474 g/mol. The summed E-state index contributed by atoms with van der Waals surface area (Å²) in [5, 5.41) is 26.2. The highest BCUT2D eigenvalue weighted by Gasteiger charge is 2.44. The summed E-state index contributed by atoms with van der Waals surface area (Å²) >= 11 is 0. The molecule has 11 nitrogen and oxygen atoms in total. The van der Waals surface area contributed by atoms with Crippen molar-refractivity contribution < 1.29 is 19.5 Å². The Kier molecular flexibility index (Phi) is 8.88. The Morgan fingerprint density at radius 3 is 2.59 bits per heavy atom. The predicted molar refractivity (Wildman–Crippen MR) is 136 cm³/mol. The van der Waals surface area contributed by atoms with E-state index in [-0.39, 0.29) is 36.9 Å². The van der Waals surface area contributed by atoms with Crippen LogP contribution in [0.5, 0.6) is 0 Å². The van der Waals surface area contributed by atoms with E-state index in [1.165, 1.54) is 0 Å². The summed E-state index contributed by atoms with van der Waals surface area (Å²) in [6.07, 6.45) is 6.23. The SMILES string of the molecule is C[C@H](NCCO)C(=O)N[C@H]1CCCC[C@H]2CC[C@@H](C(=O)N[C@@H](c3ccccc3)c3cn(C)nn3)N2C1=O. The van der Waals surface area contributed by atoms with Gasteiger partial charge in [-0.3, -0.25) is 19.1 Å². The number of fused-ring (bicyclic) bond motifs is 1. The average Bonchev–Trinajstić information content (AvgIpc) is 3.52. The lowest BCUT2D eigenvalue weighted by Gasteiger charge is -2.36. The van der Waals surface area contributed by atoms with Crippen molar-refractivity contribution in [3.63, 3.8) is 0 Å². The molecule has 200 valence electrons. The average molecular weight is 512 g/mol. The molecule has 2 aromatic rings. The van der Waals surface area contributed by atoms with Crippen LogP contribution in [0.2, 0.25) is 0 Å². The zero-order valence-corrected chi connectivity index (χ0v) is 21.5. The van der Waals surface area contributed by atoms with Crippen LogP contribution in [0, 0.1) is 0 Å².